The fourth-order valence-corrected chi connectivity index (χ4v) is 1.84. The van der Waals surface area contributed by atoms with Gasteiger partial charge in [-0.05, 0) is 18.2 Å². The maximum absolute atomic E-state index is 10.8. The van der Waals surface area contributed by atoms with Gasteiger partial charge in [0.2, 0.25) is 0 Å². The summed E-state index contributed by atoms with van der Waals surface area (Å²) in [6, 6.07) is 4.86. The second kappa shape index (κ2) is 3.49. The molecule has 1 atom stereocenters. The lowest BCUT2D eigenvalue weighted by molar-refractivity contribution is 0.140. The molecule has 0 radical (unpaired) electrons. The third-order valence-corrected chi connectivity index (χ3v) is 2.73. The third-order valence-electron chi connectivity index (χ3n) is 2.01. The number of hydrogen-bond acceptors (Lipinski definition) is 3. The number of nitrogens with one attached hydrogen (secondary N) is 1. The van der Waals surface area contributed by atoms with Gasteiger partial charge in [0.05, 0.1) is 6.54 Å². The van der Waals surface area contributed by atoms with Crippen LogP contribution in [0.1, 0.15) is 11.7 Å². The molecule has 1 saturated heterocycles. The van der Waals surface area contributed by atoms with Gasteiger partial charge in [-0.15, -0.1) is 0 Å². The molecule has 0 aromatic heterocycles. The highest BCUT2D eigenvalue weighted by Gasteiger charge is 2.25. The topological polar surface area (TPSA) is 58.6 Å². The number of carbonyl (C=O) groups is 1. The zero-order valence-electron chi connectivity index (χ0n) is 7.16. The van der Waals surface area contributed by atoms with Crippen LogP contribution in [0.3, 0.4) is 0 Å². The van der Waals surface area contributed by atoms with E-state index in [-0.39, 0.29) is 11.9 Å². The van der Waals surface area contributed by atoms with Gasteiger partial charge in [0.1, 0.15) is 11.9 Å². The Labute approximate surface area is 89.0 Å². The fraction of sp³-hybridized carbons (Fsp3) is 0.222. The number of cyclic esters (lactones) is 1. The van der Waals surface area contributed by atoms with Gasteiger partial charge in [0.25, 0.3) is 0 Å². The summed E-state index contributed by atoms with van der Waals surface area (Å²) >= 11 is 3.33. The molecule has 0 bridgehead atoms. The molecule has 5 heteroatoms. The van der Waals surface area contributed by atoms with Crippen molar-refractivity contribution in [2.75, 3.05) is 6.54 Å². The number of halogens is 1. The van der Waals surface area contributed by atoms with Gasteiger partial charge in [-0.25, -0.2) is 4.79 Å². The third kappa shape index (κ3) is 1.68. The van der Waals surface area contributed by atoms with Gasteiger partial charge in [-0.1, -0.05) is 15.9 Å². The van der Waals surface area contributed by atoms with Crippen LogP contribution in [-0.2, 0) is 4.74 Å². The predicted octanol–water partition coefficient (Wildman–Crippen LogP) is 1.94. The van der Waals surface area contributed by atoms with Gasteiger partial charge in [0, 0.05) is 10.0 Å². The molecular weight excluding hydrogens is 250 g/mol. The Morgan fingerprint density at radius 2 is 2.36 bits per heavy atom. The van der Waals surface area contributed by atoms with Crippen LogP contribution in [-0.4, -0.2) is 17.7 Å². The second-order valence-electron chi connectivity index (χ2n) is 2.98. The number of carbonyl (C=O) groups excluding carboxylic acids is 1. The van der Waals surface area contributed by atoms with Crippen LogP contribution in [0, 0.1) is 0 Å². The largest absolute Gasteiger partial charge is 0.508 e. The summed E-state index contributed by atoms with van der Waals surface area (Å²) < 4.78 is 5.81. The molecule has 2 rings (SSSR count). The maximum atomic E-state index is 10.8. The van der Waals surface area contributed by atoms with Gasteiger partial charge in [-0.2, -0.15) is 0 Å². The van der Waals surface area contributed by atoms with Crippen molar-refractivity contribution in [3.8, 4) is 5.75 Å². The molecule has 1 heterocycles. The molecule has 0 spiro atoms. The lowest BCUT2D eigenvalue weighted by Crippen LogP contribution is -2.12. The van der Waals surface area contributed by atoms with Crippen LogP contribution in [0.15, 0.2) is 22.7 Å². The van der Waals surface area contributed by atoms with E-state index in [9.17, 15) is 9.90 Å². The zero-order valence-corrected chi connectivity index (χ0v) is 8.74. The summed E-state index contributed by atoms with van der Waals surface area (Å²) in [6.45, 7) is 0.431. The van der Waals surface area contributed by atoms with E-state index >= 15 is 0 Å². The first-order valence-electron chi connectivity index (χ1n) is 4.10. The van der Waals surface area contributed by atoms with E-state index < -0.39 is 6.09 Å². The minimum Gasteiger partial charge on any atom is -0.508 e. The quantitative estimate of drug-likeness (QED) is 0.809. The molecule has 0 saturated carbocycles. The maximum Gasteiger partial charge on any atom is 0.407 e. The summed E-state index contributed by atoms with van der Waals surface area (Å²) in [5, 5.41) is 11.8. The van der Waals surface area contributed by atoms with Gasteiger partial charge in [0.15, 0.2) is 0 Å². The Morgan fingerprint density at radius 1 is 1.57 bits per heavy atom. The van der Waals surface area contributed by atoms with E-state index in [1.54, 1.807) is 18.2 Å². The fourth-order valence-electron chi connectivity index (χ4n) is 1.34. The molecule has 1 aliphatic rings. The van der Waals surface area contributed by atoms with Gasteiger partial charge in [-0.3, -0.25) is 0 Å². The highest BCUT2D eigenvalue weighted by Crippen LogP contribution is 2.30. The number of benzene rings is 1. The average Bonchev–Trinajstić information content (AvgIpc) is 2.56. The molecule has 1 unspecified atom stereocenters. The minimum atomic E-state index is -0.426. The van der Waals surface area contributed by atoms with E-state index in [4.69, 9.17) is 4.74 Å². The van der Waals surface area contributed by atoms with E-state index in [0.29, 0.717) is 6.54 Å². The molecule has 1 aromatic rings. The number of alkyl carbamates (subject to hydrolysis) is 1. The number of hydrogen-bond donors (Lipinski definition) is 2. The van der Waals surface area contributed by atoms with Crippen molar-refractivity contribution in [2.45, 2.75) is 6.10 Å². The number of ether oxygens (including phenoxy) is 1. The van der Waals surface area contributed by atoms with Crippen molar-refractivity contribution < 1.29 is 14.6 Å². The highest BCUT2D eigenvalue weighted by molar-refractivity contribution is 9.10. The van der Waals surface area contributed by atoms with Crippen LogP contribution >= 0.6 is 15.9 Å². The zero-order chi connectivity index (χ0) is 10.1. The number of amides is 1. The highest BCUT2D eigenvalue weighted by atomic mass is 79.9. The summed E-state index contributed by atoms with van der Waals surface area (Å²) in [5.41, 5.74) is 0.767. The van der Waals surface area contributed by atoms with Crippen molar-refractivity contribution in [1.82, 2.24) is 5.32 Å². The van der Waals surface area contributed by atoms with E-state index in [0.717, 1.165) is 10.0 Å². The lowest BCUT2D eigenvalue weighted by Gasteiger charge is -2.10. The molecule has 2 N–H and O–H groups in total. The average molecular weight is 258 g/mol. The first-order chi connectivity index (χ1) is 6.66. The van der Waals surface area contributed by atoms with Crippen molar-refractivity contribution in [1.29, 1.82) is 0 Å². The molecule has 14 heavy (non-hydrogen) atoms. The van der Waals surface area contributed by atoms with Crippen LogP contribution in [0.5, 0.6) is 5.75 Å². The molecular formula is C9H8BrNO3. The van der Waals surface area contributed by atoms with Crippen LogP contribution in [0.4, 0.5) is 4.79 Å². The molecule has 0 aliphatic carbocycles. The van der Waals surface area contributed by atoms with E-state index in [1.807, 2.05) is 0 Å². The van der Waals surface area contributed by atoms with Crippen molar-refractivity contribution >= 4 is 22.0 Å². The summed E-state index contributed by atoms with van der Waals surface area (Å²) in [6.07, 6.45) is -0.755. The van der Waals surface area contributed by atoms with Crippen molar-refractivity contribution in [3.63, 3.8) is 0 Å². The Balaban J connectivity index is 2.31. The first-order valence-corrected chi connectivity index (χ1v) is 4.89. The summed E-state index contributed by atoms with van der Waals surface area (Å²) in [4.78, 5) is 10.8. The normalized spacial score (nSPS) is 20.4. The van der Waals surface area contributed by atoms with E-state index in [2.05, 4.69) is 21.2 Å². The van der Waals surface area contributed by atoms with Crippen molar-refractivity contribution in [3.05, 3.63) is 28.2 Å². The standard InChI is InChI=1S/C9H8BrNO3/c10-7-2-1-5(12)3-6(7)8-4-11-9(13)14-8/h1-3,8,12H,4H2,(H,11,13). The minimum absolute atomic E-state index is 0.158. The van der Waals surface area contributed by atoms with Gasteiger partial charge < -0.3 is 15.2 Å². The number of aromatic hydroxyl groups is 1. The smallest absolute Gasteiger partial charge is 0.407 e. The lowest BCUT2D eigenvalue weighted by atomic mass is 10.1. The molecule has 1 fully saturated rings. The Kier molecular flexibility index (Phi) is 2.33. The van der Waals surface area contributed by atoms with Crippen LogP contribution < -0.4 is 5.32 Å². The molecule has 4 nitrogen and oxygen atoms in total. The van der Waals surface area contributed by atoms with Crippen LogP contribution in [0.25, 0.3) is 0 Å². The molecule has 74 valence electrons. The monoisotopic (exact) mass is 257 g/mol. The number of phenolic OH excluding ortho intramolecular Hbond substituents is 1. The SMILES string of the molecule is O=C1NCC(c2cc(O)ccc2Br)O1. The molecule has 1 aromatic carbocycles. The molecule has 1 amide bonds. The number of rotatable bonds is 1. The summed E-state index contributed by atoms with van der Waals surface area (Å²) in [5.74, 6) is 0.158. The number of phenols is 1. The van der Waals surface area contributed by atoms with Crippen LogP contribution in [0.2, 0.25) is 0 Å². The van der Waals surface area contributed by atoms with E-state index in [1.165, 1.54) is 0 Å². The first kappa shape index (κ1) is 9.33. The summed E-state index contributed by atoms with van der Waals surface area (Å²) in [7, 11) is 0. The Bertz CT molecular complexity index is 380. The Morgan fingerprint density at radius 3 is 3.00 bits per heavy atom. The second-order valence-corrected chi connectivity index (χ2v) is 3.84. The van der Waals surface area contributed by atoms with Gasteiger partial charge >= 0.3 is 6.09 Å². The predicted molar refractivity (Wildman–Crippen MR) is 53.0 cm³/mol. The van der Waals surface area contributed by atoms with Crippen molar-refractivity contribution in [2.24, 2.45) is 0 Å². The molecule has 1 aliphatic heterocycles. The Hall–Kier alpha value is -1.23.